The Kier molecular flexibility index (Phi) is 6.48. The SMILES string of the molecule is CCCNC(=O)COC(=O)/C=C/c1cc(OC)c2c(c1)OCCO2. The first-order chi connectivity index (χ1) is 11.6. The lowest BCUT2D eigenvalue weighted by Gasteiger charge is -2.20. The molecular formula is C17H21NO6. The van der Waals surface area contributed by atoms with Crippen LogP contribution in [0.15, 0.2) is 18.2 Å². The van der Waals surface area contributed by atoms with Gasteiger partial charge >= 0.3 is 5.97 Å². The summed E-state index contributed by atoms with van der Waals surface area (Å²) in [6.45, 7) is 3.12. The largest absolute Gasteiger partial charge is 0.493 e. The van der Waals surface area contributed by atoms with E-state index in [1.54, 1.807) is 18.2 Å². The average Bonchev–Trinajstić information content (AvgIpc) is 2.62. The normalized spacial score (nSPS) is 12.8. The number of ether oxygens (including phenoxy) is 4. The summed E-state index contributed by atoms with van der Waals surface area (Å²) in [5.41, 5.74) is 0.698. The first-order valence-electron chi connectivity index (χ1n) is 7.73. The summed E-state index contributed by atoms with van der Waals surface area (Å²) >= 11 is 0. The standard InChI is InChI=1S/C17H21NO6/c1-3-6-18-15(19)11-24-16(20)5-4-12-9-13(21-2)17-14(10-12)22-7-8-23-17/h4-5,9-10H,3,6-8,11H2,1-2H3,(H,18,19)/b5-4+. The number of amides is 1. The van der Waals surface area contributed by atoms with E-state index in [4.69, 9.17) is 18.9 Å². The lowest BCUT2D eigenvalue weighted by atomic mass is 10.1. The Morgan fingerprint density at radius 2 is 2.08 bits per heavy atom. The summed E-state index contributed by atoms with van der Waals surface area (Å²) < 4.78 is 21.2. The van der Waals surface area contributed by atoms with Crippen LogP contribution in [0.25, 0.3) is 6.08 Å². The van der Waals surface area contributed by atoms with E-state index in [1.165, 1.54) is 13.2 Å². The highest BCUT2D eigenvalue weighted by Crippen LogP contribution is 2.40. The number of methoxy groups -OCH3 is 1. The van der Waals surface area contributed by atoms with Crippen LogP contribution in [-0.2, 0) is 14.3 Å². The van der Waals surface area contributed by atoms with Gasteiger partial charge < -0.3 is 24.3 Å². The molecule has 1 aliphatic heterocycles. The zero-order valence-corrected chi connectivity index (χ0v) is 13.8. The molecule has 7 heteroatoms. The predicted octanol–water partition coefficient (Wildman–Crippen LogP) is 1.55. The number of hydrogen-bond donors (Lipinski definition) is 1. The predicted molar refractivity (Wildman–Crippen MR) is 87.3 cm³/mol. The highest BCUT2D eigenvalue weighted by Gasteiger charge is 2.17. The van der Waals surface area contributed by atoms with Gasteiger partial charge in [-0.25, -0.2) is 4.79 Å². The van der Waals surface area contributed by atoms with Crippen molar-refractivity contribution < 1.29 is 28.5 Å². The third kappa shape index (κ3) is 4.91. The minimum absolute atomic E-state index is 0.298. The summed E-state index contributed by atoms with van der Waals surface area (Å²) in [6.07, 6.45) is 3.64. The number of benzene rings is 1. The third-order valence-electron chi connectivity index (χ3n) is 3.18. The number of carbonyl (C=O) groups is 2. The fraction of sp³-hybridized carbons (Fsp3) is 0.412. The monoisotopic (exact) mass is 335 g/mol. The second-order valence-corrected chi connectivity index (χ2v) is 5.04. The smallest absolute Gasteiger partial charge is 0.331 e. The maximum absolute atomic E-state index is 11.7. The summed E-state index contributed by atoms with van der Waals surface area (Å²) in [5.74, 6) is 0.720. The molecule has 130 valence electrons. The van der Waals surface area contributed by atoms with Crippen molar-refractivity contribution in [3.05, 3.63) is 23.8 Å². The molecule has 0 unspecified atom stereocenters. The third-order valence-corrected chi connectivity index (χ3v) is 3.18. The van der Waals surface area contributed by atoms with E-state index in [0.29, 0.717) is 42.6 Å². The van der Waals surface area contributed by atoms with E-state index < -0.39 is 5.97 Å². The van der Waals surface area contributed by atoms with Crippen molar-refractivity contribution in [2.24, 2.45) is 0 Å². The molecule has 0 fully saturated rings. The minimum atomic E-state index is -0.601. The lowest BCUT2D eigenvalue weighted by molar-refractivity contribution is -0.143. The van der Waals surface area contributed by atoms with Gasteiger partial charge in [-0.1, -0.05) is 6.92 Å². The Hall–Kier alpha value is -2.70. The lowest BCUT2D eigenvalue weighted by Crippen LogP contribution is -2.28. The van der Waals surface area contributed by atoms with Crippen LogP contribution in [0.5, 0.6) is 17.2 Å². The van der Waals surface area contributed by atoms with Crippen molar-refractivity contribution in [3.8, 4) is 17.2 Å². The van der Waals surface area contributed by atoms with Gasteiger partial charge in [0.15, 0.2) is 18.1 Å². The van der Waals surface area contributed by atoms with Gasteiger partial charge in [0.25, 0.3) is 5.91 Å². The molecule has 2 rings (SSSR count). The van der Waals surface area contributed by atoms with Gasteiger partial charge in [0.2, 0.25) is 5.75 Å². The van der Waals surface area contributed by atoms with Crippen LogP contribution in [0.3, 0.4) is 0 Å². The second kappa shape index (κ2) is 8.81. The van der Waals surface area contributed by atoms with Crippen molar-refractivity contribution in [2.45, 2.75) is 13.3 Å². The number of carbonyl (C=O) groups excluding carboxylic acids is 2. The number of fused-ring (bicyclic) bond motifs is 1. The number of rotatable bonds is 7. The van der Waals surface area contributed by atoms with Crippen molar-refractivity contribution in [2.75, 3.05) is 33.5 Å². The van der Waals surface area contributed by atoms with Crippen LogP contribution < -0.4 is 19.5 Å². The fourth-order valence-electron chi connectivity index (χ4n) is 2.05. The molecule has 0 saturated heterocycles. The van der Waals surface area contributed by atoms with Crippen LogP contribution >= 0.6 is 0 Å². The van der Waals surface area contributed by atoms with Crippen molar-refractivity contribution >= 4 is 18.0 Å². The molecule has 1 amide bonds. The zero-order valence-electron chi connectivity index (χ0n) is 13.8. The molecule has 1 heterocycles. The molecule has 7 nitrogen and oxygen atoms in total. The maximum atomic E-state index is 11.7. The van der Waals surface area contributed by atoms with E-state index in [0.717, 1.165) is 6.42 Å². The van der Waals surface area contributed by atoms with E-state index in [2.05, 4.69) is 5.32 Å². The maximum Gasteiger partial charge on any atom is 0.331 e. The Morgan fingerprint density at radius 1 is 1.29 bits per heavy atom. The van der Waals surface area contributed by atoms with Crippen molar-refractivity contribution in [1.29, 1.82) is 0 Å². The molecule has 24 heavy (non-hydrogen) atoms. The Labute approximate surface area is 140 Å². The molecule has 1 N–H and O–H groups in total. The summed E-state index contributed by atoms with van der Waals surface area (Å²) in [5, 5.41) is 2.62. The van der Waals surface area contributed by atoms with Gasteiger partial charge in [-0.15, -0.1) is 0 Å². The molecule has 0 atom stereocenters. The number of nitrogens with one attached hydrogen (secondary N) is 1. The highest BCUT2D eigenvalue weighted by atomic mass is 16.6. The molecule has 0 spiro atoms. The summed E-state index contributed by atoms with van der Waals surface area (Å²) in [4.78, 5) is 23.0. The van der Waals surface area contributed by atoms with Gasteiger partial charge in [0.05, 0.1) is 7.11 Å². The van der Waals surface area contributed by atoms with E-state index in [1.807, 2.05) is 6.92 Å². The number of esters is 1. The zero-order chi connectivity index (χ0) is 17.4. The highest BCUT2D eigenvalue weighted by molar-refractivity contribution is 5.89. The van der Waals surface area contributed by atoms with Gasteiger partial charge in [0.1, 0.15) is 13.2 Å². The Balaban J connectivity index is 1.96. The molecule has 0 radical (unpaired) electrons. The van der Waals surface area contributed by atoms with E-state index in [9.17, 15) is 9.59 Å². The fourth-order valence-corrected chi connectivity index (χ4v) is 2.05. The van der Waals surface area contributed by atoms with Crippen LogP contribution in [0.2, 0.25) is 0 Å². The van der Waals surface area contributed by atoms with E-state index >= 15 is 0 Å². The van der Waals surface area contributed by atoms with Crippen molar-refractivity contribution in [3.63, 3.8) is 0 Å². The average molecular weight is 335 g/mol. The first-order valence-corrected chi connectivity index (χ1v) is 7.73. The molecular weight excluding hydrogens is 314 g/mol. The molecule has 0 aromatic heterocycles. The topological polar surface area (TPSA) is 83.1 Å². The van der Waals surface area contributed by atoms with Crippen LogP contribution in [-0.4, -0.2) is 45.4 Å². The summed E-state index contributed by atoms with van der Waals surface area (Å²) in [6, 6.07) is 3.47. The molecule has 1 aliphatic rings. The Bertz CT molecular complexity index is 609. The molecule has 0 aliphatic carbocycles. The van der Waals surface area contributed by atoms with Crippen LogP contribution in [0, 0.1) is 0 Å². The molecule has 1 aromatic rings. The van der Waals surface area contributed by atoms with Crippen LogP contribution in [0.4, 0.5) is 0 Å². The van der Waals surface area contributed by atoms with Gasteiger partial charge in [-0.2, -0.15) is 0 Å². The minimum Gasteiger partial charge on any atom is -0.493 e. The molecule has 0 saturated carbocycles. The molecule has 0 bridgehead atoms. The summed E-state index contributed by atoms with van der Waals surface area (Å²) in [7, 11) is 1.53. The van der Waals surface area contributed by atoms with Gasteiger partial charge in [-0.3, -0.25) is 4.79 Å². The quantitative estimate of drug-likeness (QED) is 0.601. The van der Waals surface area contributed by atoms with E-state index in [-0.39, 0.29) is 12.5 Å². The van der Waals surface area contributed by atoms with Gasteiger partial charge in [0, 0.05) is 12.6 Å². The van der Waals surface area contributed by atoms with Crippen LogP contribution in [0.1, 0.15) is 18.9 Å². The second-order valence-electron chi connectivity index (χ2n) is 5.04. The molecule has 1 aromatic carbocycles. The van der Waals surface area contributed by atoms with Gasteiger partial charge in [-0.05, 0) is 30.2 Å². The number of hydrogen-bond acceptors (Lipinski definition) is 6. The Morgan fingerprint density at radius 3 is 2.83 bits per heavy atom. The van der Waals surface area contributed by atoms with Crippen molar-refractivity contribution in [1.82, 2.24) is 5.32 Å². The first kappa shape index (κ1) is 17.7.